The number of hydrogen-bond acceptors (Lipinski definition) is 5. The molecule has 166 valence electrons. The van der Waals surface area contributed by atoms with Gasteiger partial charge in [-0.2, -0.15) is 4.31 Å². The Morgan fingerprint density at radius 1 is 1.00 bits per heavy atom. The number of rotatable bonds is 6. The molecule has 0 saturated carbocycles. The maximum absolute atomic E-state index is 13.1. The summed E-state index contributed by atoms with van der Waals surface area (Å²) in [6.07, 6.45) is -0.397. The molecule has 3 rings (SSSR count). The molecule has 31 heavy (non-hydrogen) atoms. The van der Waals surface area contributed by atoms with Gasteiger partial charge in [0.25, 0.3) is 11.8 Å². The van der Waals surface area contributed by atoms with Gasteiger partial charge in [0.2, 0.25) is 10.0 Å². The topological polar surface area (TPSA) is 105 Å². The molecule has 0 aromatic heterocycles. The molecule has 0 bridgehead atoms. The summed E-state index contributed by atoms with van der Waals surface area (Å²) in [5.74, 6) is -0.607. The van der Waals surface area contributed by atoms with Gasteiger partial charge in [-0.1, -0.05) is 18.2 Å². The van der Waals surface area contributed by atoms with Crippen LogP contribution >= 0.6 is 0 Å². The lowest BCUT2D eigenvalue weighted by atomic mass is 10.1. The Morgan fingerprint density at radius 2 is 1.61 bits per heavy atom. The summed E-state index contributed by atoms with van der Waals surface area (Å²) in [6, 6.07) is 12.9. The summed E-state index contributed by atoms with van der Waals surface area (Å²) in [5, 5.41) is 5.33. The number of hydrogen-bond donors (Lipinski definition) is 2. The van der Waals surface area contributed by atoms with E-state index in [2.05, 4.69) is 10.6 Å². The van der Waals surface area contributed by atoms with E-state index in [1.807, 2.05) is 13.8 Å². The molecular weight excluding hydrogens is 418 g/mol. The van der Waals surface area contributed by atoms with Crippen LogP contribution in [0.3, 0.4) is 0 Å². The fraction of sp³-hybridized carbons (Fsp3) is 0.364. The highest BCUT2D eigenvalue weighted by molar-refractivity contribution is 7.89. The van der Waals surface area contributed by atoms with Gasteiger partial charge in [-0.15, -0.1) is 0 Å². The van der Waals surface area contributed by atoms with E-state index in [1.165, 1.54) is 16.4 Å². The van der Waals surface area contributed by atoms with Gasteiger partial charge in [-0.3, -0.25) is 9.59 Å². The average Bonchev–Trinajstić information content (AvgIpc) is 2.76. The number of sulfonamides is 1. The lowest BCUT2D eigenvalue weighted by molar-refractivity contribution is -0.0440. The molecule has 2 atom stereocenters. The fourth-order valence-corrected chi connectivity index (χ4v) is 5.16. The highest BCUT2D eigenvalue weighted by Crippen LogP contribution is 2.22. The molecule has 1 heterocycles. The van der Waals surface area contributed by atoms with Crippen molar-refractivity contribution in [2.24, 2.45) is 0 Å². The van der Waals surface area contributed by atoms with Crippen LogP contribution in [0.1, 0.15) is 40.1 Å². The van der Waals surface area contributed by atoms with Crippen molar-refractivity contribution in [2.45, 2.75) is 37.5 Å². The van der Waals surface area contributed by atoms with Gasteiger partial charge in [-0.25, -0.2) is 8.42 Å². The predicted molar refractivity (Wildman–Crippen MR) is 116 cm³/mol. The first kappa shape index (κ1) is 22.9. The summed E-state index contributed by atoms with van der Waals surface area (Å²) < 4.78 is 33.1. The quantitative estimate of drug-likeness (QED) is 0.705. The van der Waals surface area contributed by atoms with E-state index in [4.69, 9.17) is 4.74 Å². The van der Waals surface area contributed by atoms with Crippen LogP contribution < -0.4 is 10.6 Å². The number of amides is 2. The minimum Gasteiger partial charge on any atom is -0.373 e. The van der Waals surface area contributed by atoms with E-state index in [-0.39, 0.29) is 48.2 Å². The van der Waals surface area contributed by atoms with Crippen molar-refractivity contribution in [1.82, 2.24) is 14.9 Å². The highest BCUT2D eigenvalue weighted by atomic mass is 32.2. The second kappa shape index (κ2) is 9.59. The van der Waals surface area contributed by atoms with Crippen LogP contribution in [0.4, 0.5) is 0 Å². The van der Waals surface area contributed by atoms with Crippen molar-refractivity contribution in [3.05, 3.63) is 65.2 Å². The minimum absolute atomic E-state index is 0.0723. The van der Waals surface area contributed by atoms with Crippen LogP contribution in [-0.2, 0) is 21.3 Å². The summed E-state index contributed by atoms with van der Waals surface area (Å²) in [6.45, 7) is 4.41. The van der Waals surface area contributed by atoms with Gasteiger partial charge in [-0.05, 0) is 49.7 Å². The van der Waals surface area contributed by atoms with Crippen molar-refractivity contribution in [3.63, 3.8) is 0 Å². The Bertz CT molecular complexity index is 1060. The molecule has 1 aliphatic heterocycles. The predicted octanol–water partition coefficient (Wildman–Crippen LogP) is 1.77. The smallest absolute Gasteiger partial charge is 0.251 e. The Morgan fingerprint density at radius 3 is 2.26 bits per heavy atom. The monoisotopic (exact) mass is 445 g/mol. The highest BCUT2D eigenvalue weighted by Gasteiger charge is 2.32. The number of nitrogens with zero attached hydrogens (tertiary/aromatic N) is 1. The van der Waals surface area contributed by atoms with Gasteiger partial charge in [0.05, 0.1) is 17.1 Å². The molecule has 1 saturated heterocycles. The van der Waals surface area contributed by atoms with Gasteiger partial charge in [0.15, 0.2) is 0 Å². The Kier molecular flexibility index (Phi) is 7.09. The minimum atomic E-state index is -3.74. The molecule has 9 heteroatoms. The summed E-state index contributed by atoms with van der Waals surface area (Å²) >= 11 is 0. The van der Waals surface area contributed by atoms with Crippen molar-refractivity contribution in [2.75, 3.05) is 20.1 Å². The first-order valence-corrected chi connectivity index (χ1v) is 11.5. The van der Waals surface area contributed by atoms with E-state index < -0.39 is 15.9 Å². The normalized spacial score (nSPS) is 19.6. The molecule has 8 nitrogen and oxygen atoms in total. The molecule has 1 aliphatic rings. The zero-order valence-electron chi connectivity index (χ0n) is 17.8. The second-order valence-electron chi connectivity index (χ2n) is 7.57. The number of nitrogens with one attached hydrogen (secondary N) is 2. The molecule has 2 N–H and O–H groups in total. The molecule has 2 aromatic carbocycles. The molecule has 2 aromatic rings. The van der Waals surface area contributed by atoms with Crippen LogP contribution in [0.15, 0.2) is 53.4 Å². The molecule has 0 aliphatic carbocycles. The molecule has 0 radical (unpaired) electrons. The van der Waals surface area contributed by atoms with Crippen LogP contribution in [-0.4, -0.2) is 56.9 Å². The number of benzene rings is 2. The largest absolute Gasteiger partial charge is 0.373 e. The van der Waals surface area contributed by atoms with Gasteiger partial charge in [0.1, 0.15) is 0 Å². The maximum atomic E-state index is 13.1. The van der Waals surface area contributed by atoms with Crippen molar-refractivity contribution in [3.8, 4) is 0 Å². The van der Waals surface area contributed by atoms with Crippen molar-refractivity contribution < 1.29 is 22.7 Å². The number of carbonyl (C=O) groups excluding carboxylic acids is 2. The van der Waals surface area contributed by atoms with Crippen LogP contribution in [0.25, 0.3) is 0 Å². The van der Waals surface area contributed by atoms with Crippen LogP contribution in [0.2, 0.25) is 0 Å². The second-order valence-corrected chi connectivity index (χ2v) is 9.51. The molecule has 2 amide bonds. The Labute approximate surface area is 182 Å². The number of carbonyl (C=O) groups is 2. The van der Waals surface area contributed by atoms with Gasteiger partial charge < -0.3 is 15.4 Å². The van der Waals surface area contributed by atoms with Crippen LogP contribution in [0, 0.1) is 0 Å². The maximum Gasteiger partial charge on any atom is 0.251 e. The van der Waals surface area contributed by atoms with E-state index >= 15 is 0 Å². The van der Waals surface area contributed by atoms with E-state index in [1.54, 1.807) is 43.4 Å². The first-order valence-electron chi connectivity index (χ1n) is 10.1. The standard InChI is InChI=1S/C22H27N3O5S/c1-15-13-25(14-16(2)30-15)31(28,29)20-9-5-8-19(11-20)22(27)24-12-17-6-4-7-18(10-17)21(26)23-3/h4-11,15-16H,12-14H2,1-3H3,(H,23,26)(H,24,27). The number of morpholine rings is 1. The average molecular weight is 446 g/mol. The third-order valence-electron chi connectivity index (χ3n) is 4.99. The fourth-order valence-electron chi connectivity index (χ4n) is 3.53. The SMILES string of the molecule is CNC(=O)c1cccc(CNC(=O)c2cccc(S(=O)(=O)N3CC(C)OC(C)C3)c2)c1. The van der Waals surface area contributed by atoms with Crippen LogP contribution in [0.5, 0.6) is 0 Å². The van der Waals surface area contributed by atoms with Crippen molar-refractivity contribution in [1.29, 1.82) is 0 Å². The third-order valence-corrected chi connectivity index (χ3v) is 6.82. The molecule has 2 unspecified atom stereocenters. The van der Waals surface area contributed by atoms with Gasteiger partial charge in [0, 0.05) is 37.8 Å². The van der Waals surface area contributed by atoms with E-state index in [9.17, 15) is 18.0 Å². The Balaban J connectivity index is 1.72. The third kappa shape index (κ3) is 5.49. The molecule has 1 fully saturated rings. The van der Waals surface area contributed by atoms with Crippen molar-refractivity contribution >= 4 is 21.8 Å². The summed E-state index contributed by atoms with van der Waals surface area (Å²) in [7, 11) is -2.19. The number of ether oxygens (including phenoxy) is 1. The summed E-state index contributed by atoms with van der Waals surface area (Å²) in [4.78, 5) is 24.5. The molecule has 0 spiro atoms. The van der Waals surface area contributed by atoms with Gasteiger partial charge >= 0.3 is 0 Å². The summed E-state index contributed by atoms with van der Waals surface area (Å²) in [5.41, 5.74) is 1.50. The zero-order chi connectivity index (χ0) is 22.6. The lowest BCUT2D eigenvalue weighted by Gasteiger charge is -2.34. The zero-order valence-corrected chi connectivity index (χ0v) is 18.6. The van der Waals surface area contributed by atoms with E-state index in [0.29, 0.717) is 5.56 Å². The first-order chi connectivity index (χ1) is 14.7. The Hall–Kier alpha value is -2.75. The van der Waals surface area contributed by atoms with E-state index in [0.717, 1.165) is 5.56 Å². The lowest BCUT2D eigenvalue weighted by Crippen LogP contribution is -2.48. The molecular formula is C22H27N3O5S.